The minimum absolute atomic E-state index is 0.385. The molecule has 0 bridgehead atoms. The van der Waals surface area contributed by atoms with Gasteiger partial charge in [-0.05, 0) is 43.4 Å². The number of hydrogen-bond donors (Lipinski definition) is 0. The first-order valence-corrected chi connectivity index (χ1v) is 7.77. The third-order valence-corrected chi connectivity index (χ3v) is 4.06. The molecule has 0 N–H and O–H groups in total. The average molecular weight is 262 g/mol. The van der Waals surface area contributed by atoms with Gasteiger partial charge < -0.3 is 4.74 Å². The monoisotopic (exact) mass is 262 g/mol. The van der Waals surface area contributed by atoms with Gasteiger partial charge in [0, 0.05) is 5.41 Å². The molecule has 2 rings (SSSR count). The van der Waals surface area contributed by atoms with Crippen LogP contribution in [0, 0.1) is 18.3 Å². The Morgan fingerprint density at radius 1 is 1.21 bits per heavy atom. The van der Waals surface area contributed by atoms with Gasteiger partial charge in [-0.3, -0.25) is 0 Å². The summed E-state index contributed by atoms with van der Waals surface area (Å²) in [6.07, 6.45) is 5.32. The van der Waals surface area contributed by atoms with E-state index in [0.717, 1.165) is 18.3 Å². The molecule has 1 heteroatoms. The summed E-state index contributed by atoms with van der Waals surface area (Å²) in [5.74, 6) is 1.92. The normalized spacial score (nSPS) is 26.3. The van der Waals surface area contributed by atoms with Gasteiger partial charge in [-0.2, -0.15) is 0 Å². The van der Waals surface area contributed by atoms with E-state index in [4.69, 9.17) is 4.74 Å². The van der Waals surface area contributed by atoms with Crippen LogP contribution in [0.25, 0.3) is 0 Å². The Morgan fingerprint density at radius 3 is 2.42 bits per heavy atom. The van der Waals surface area contributed by atoms with Gasteiger partial charge in [-0.15, -0.1) is 0 Å². The molecule has 1 fully saturated rings. The van der Waals surface area contributed by atoms with Crippen LogP contribution in [0.2, 0.25) is 0 Å². The van der Waals surface area contributed by atoms with Crippen molar-refractivity contribution in [3.8, 4) is 5.75 Å². The van der Waals surface area contributed by atoms with Crippen LogP contribution in [-0.4, -0.2) is 6.61 Å². The molecule has 0 atom stereocenters. The summed E-state index contributed by atoms with van der Waals surface area (Å²) in [5, 5.41) is 0. The number of benzene rings is 1. The summed E-state index contributed by atoms with van der Waals surface area (Å²) in [6, 6.07) is 8.35. The highest BCUT2D eigenvalue weighted by Crippen LogP contribution is 2.38. The Morgan fingerprint density at radius 2 is 1.84 bits per heavy atom. The summed E-state index contributed by atoms with van der Waals surface area (Å²) in [5.41, 5.74) is 1.65. The van der Waals surface area contributed by atoms with Crippen LogP contribution in [0.3, 0.4) is 0 Å². The molecule has 1 aliphatic rings. The fraction of sp³-hybridized carbons (Fsp3) is 0.667. The largest absolute Gasteiger partial charge is 0.493 e. The van der Waals surface area contributed by atoms with Gasteiger partial charge >= 0.3 is 0 Å². The quantitative estimate of drug-likeness (QED) is 0.687. The van der Waals surface area contributed by atoms with E-state index in [2.05, 4.69) is 45.0 Å². The van der Waals surface area contributed by atoms with Crippen LogP contribution >= 0.6 is 0 Å². The maximum atomic E-state index is 5.96. The van der Waals surface area contributed by atoms with Crippen molar-refractivity contribution in [2.45, 2.75) is 60.3 Å². The fourth-order valence-electron chi connectivity index (χ4n) is 2.57. The molecule has 0 aliphatic heterocycles. The number of hydrogen-bond acceptors (Lipinski definition) is 1. The molecule has 0 unspecified atom stereocenters. The second-order valence-corrected chi connectivity index (χ2v) is 6.10. The summed E-state index contributed by atoms with van der Waals surface area (Å²) < 4.78 is 5.96. The molecule has 0 aromatic heterocycles. The lowest BCUT2D eigenvalue weighted by molar-refractivity contribution is 0.0981. The van der Waals surface area contributed by atoms with E-state index in [1.807, 2.05) is 13.8 Å². The molecule has 1 aromatic carbocycles. The summed E-state index contributed by atoms with van der Waals surface area (Å²) >= 11 is 0. The van der Waals surface area contributed by atoms with Crippen LogP contribution in [0.4, 0.5) is 0 Å². The van der Waals surface area contributed by atoms with Gasteiger partial charge in [0.2, 0.25) is 0 Å². The molecule has 0 spiro atoms. The Hall–Kier alpha value is -0.980. The minimum Gasteiger partial charge on any atom is -0.493 e. The molecular weight excluding hydrogens is 232 g/mol. The third-order valence-electron chi connectivity index (χ3n) is 4.06. The van der Waals surface area contributed by atoms with Crippen LogP contribution in [-0.2, 0) is 0 Å². The van der Waals surface area contributed by atoms with Gasteiger partial charge in [-0.1, -0.05) is 52.7 Å². The van der Waals surface area contributed by atoms with Gasteiger partial charge in [0.1, 0.15) is 5.75 Å². The molecule has 1 aliphatic carbocycles. The first kappa shape index (κ1) is 16.1. The van der Waals surface area contributed by atoms with Gasteiger partial charge in [0.25, 0.3) is 0 Å². The van der Waals surface area contributed by atoms with Crippen LogP contribution in [0.1, 0.15) is 58.9 Å². The summed E-state index contributed by atoms with van der Waals surface area (Å²) in [4.78, 5) is 0. The lowest BCUT2D eigenvalue weighted by atomic mass is 9.73. The maximum Gasteiger partial charge on any atom is 0.119 e. The zero-order chi connectivity index (χ0) is 14.3. The van der Waals surface area contributed by atoms with E-state index in [-0.39, 0.29) is 0 Å². The Balaban J connectivity index is 0.000000861. The van der Waals surface area contributed by atoms with E-state index in [0.29, 0.717) is 5.41 Å². The zero-order valence-electron chi connectivity index (χ0n) is 13.3. The Labute approximate surface area is 119 Å². The number of aryl methyl sites for hydroxylation is 1. The first-order chi connectivity index (χ1) is 9.07. The molecular formula is C18H30O. The SMILES string of the molecule is CC.Cc1cccc(OCC2(C)CCC(C)CC2)c1. The highest BCUT2D eigenvalue weighted by atomic mass is 16.5. The number of ether oxygens (including phenoxy) is 1. The van der Waals surface area contributed by atoms with Gasteiger partial charge in [0.15, 0.2) is 0 Å². The molecule has 108 valence electrons. The predicted octanol–water partition coefficient (Wildman–Crippen LogP) is 5.62. The first-order valence-electron chi connectivity index (χ1n) is 7.77. The molecule has 0 amide bonds. The van der Waals surface area contributed by atoms with E-state index in [9.17, 15) is 0 Å². The molecule has 0 heterocycles. The van der Waals surface area contributed by atoms with E-state index in [1.54, 1.807) is 0 Å². The molecule has 0 saturated heterocycles. The van der Waals surface area contributed by atoms with Crippen molar-refractivity contribution in [2.24, 2.45) is 11.3 Å². The maximum absolute atomic E-state index is 5.96. The van der Waals surface area contributed by atoms with E-state index >= 15 is 0 Å². The van der Waals surface area contributed by atoms with E-state index < -0.39 is 0 Å². The van der Waals surface area contributed by atoms with Gasteiger partial charge in [-0.25, -0.2) is 0 Å². The zero-order valence-corrected chi connectivity index (χ0v) is 13.3. The smallest absolute Gasteiger partial charge is 0.119 e. The fourth-order valence-corrected chi connectivity index (χ4v) is 2.57. The second kappa shape index (κ2) is 7.57. The Kier molecular flexibility index (Phi) is 6.41. The molecule has 1 aromatic rings. The van der Waals surface area contributed by atoms with Crippen LogP contribution in [0.5, 0.6) is 5.75 Å². The topological polar surface area (TPSA) is 9.23 Å². The highest BCUT2D eigenvalue weighted by Gasteiger charge is 2.30. The van der Waals surface area contributed by atoms with Crippen molar-refractivity contribution >= 4 is 0 Å². The second-order valence-electron chi connectivity index (χ2n) is 6.10. The molecule has 1 saturated carbocycles. The molecule has 19 heavy (non-hydrogen) atoms. The third kappa shape index (κ3) is 5.26. The predicted molar refractivity (Wildman–Crippen MR) is 83.8 cm³/mol. The molecule has 0 radical (unpaired) electrons. The lowest BCUT2D eigenvalue weighted by Gasteiger charge is -2.36. The van der Waals surface area contributed by atoms with Crippen molar-refractivity contribution in [3.63, 3.8) is 0 Å². The summed E-state index contributed by atoms with van der Waals surface area (Å²) in [7, 11) is 0. The Bertz CT molecular complexity index is 362. The van der Waals surface area contributed by atoms with E-state index in [1.165, 1.54) is 31.2 Å². The summed E-state index contributed by atoms with van der Waals surface area (Å²) in [6.45, 7) is 11.7. The van der Waals surface area contributed by atoms with Crippen molar-refractivity contribution in [1.82, 2.24) is 0 Å². The van der Waals surface area contributed by atoms with Crippen molar-refractivity contribution in [1.29, 1.82) is 0 Å². The standard InChI is InChI=1S/C16H24O.C2H6/c1-13-7-9-16(3,10-8-13)12-17-15-6-4-5-14(2)11-15;1-2/h4-6,11,13H,7-10,12H2,1-3H3;1-2H3. The molecule has 1 nitrogen and oxygen atoms in total. The van der Waals surface area contributed by atoms with Gasteiger partial charge in [0.05, 0.1) is 6.61 Å². The number of rotatable bonds is 3. The lowest BCUT2D eigenvalue weighted by Crippen LogP contribution is -2.29. The van der Waals surface area contributed by atoms with Crippen LogP contribution in [0.15, 0.2) is 24.3 Å². The van der Waals surface area contributed by atoms with Crippen molar-refractivity contribution in [3.05, 3.63) is 29.8 Å². The average Bonchev–Trinajstić information content (AvgIpc) is 2.43. The van der Waals surface area contributed by atoms with Crippen LogP contribution < -0.4 is 4.74 Å². The highest BCUT2D eigenvalue weighted by molar-refractivity contribution is 5.27. The van der Waals surface area contributed by atoms with Crippen molar-refractivity contribution in [2.75, 3.05) is 6.61 Å². The minimum atomic E-state index is 0.385. The van der Waals surface area contributed by atoms with Crippen molar-refractivity contribution < 1.29 is 4.74 Å².